The molecule has 9 heteroatoms. The van der Waals surface area contributed by atoms with Crippen LogP contribution in [0.25, 0.3) is 10.2 Å². The van der Waals surface area contributed by atoms with E-state index < -0.39 is 0 Å². The van der Waals surface area contributed by atoms with Crippen molar-refractivity contribution in [2.24, 2.45) is 0 Å². The van der Waals surface area contributed by atoms with Crippen LogP contribution in [0.4, 0.5) is 5.69 Å². The van der Waals surface area contributed by atoms with E-state index in [4.69, 9.17) is 4.42 Å². The number of hydrogen-bond donors (Lipinski definition) is 1. The number of carbonyl (C=O) groups excluding carboxylic acids is 2. The lowest BCUT2D eigenvalue weighted by Crippen LogP contribution is -2.31. The van der Waals surface area contributed by atoms with E-state index in [1.807, 2.05) is 11.4 Å². The number of anilines is 1. The molecule has 0 radical (unpaired) electrons. The number of hydrogen-bond acceptors (Lipinski definition) is 7. The number of fused-ring (bicyclic) bond motifs is 1. The third kappa shape index (κ3) is 4.37. The van der Waals surface area contributed by atoms with Crippen molar-refractivity contribution in [3.8, 4) is 0 Å². The fraction of sp³-hybridized carbons (Fsp3) is 0.143. The van der Waals surface area contributed by atoms with Crippen LogP contribution in [0.5, 0.6) is 0 Å². The van der Waals surface area contributed by atoms with Crippen LogP contribution in [0.3, 0.4) is 0 Å². The minimum atomic E-state index is -0.273. The maximum Gasteiger partial charge on any atom is 0.253 e. The van der Waals surface area contributed by atoms with E-state index in [-0.39, 0.29) is 24.1 Å². The summed E-state index contributed by atoms with van der Waals surface area (Å²) in [6.07, 6.45) is 3.06. The average Bonchev–Trinajstić information content (AvgIpc) is 3.47. The molecule has 4 rings (SSSR count). The first-order chi connectivity index (χ1) is 14.6. The van der Waals surface area contributed by atoms with E-state index in [9.17, 15) is 9.59 Å². The molecule has 7 nitrogen and oxygen atoms in total. The van der Waals surface area contributed by atoms with Crippen molar-refractivity contribution < 1.29 is 14.0 Å². The summed E-state index contributed by atoms with van der Waals surface area (Å²) in [6, 6.07) is 12.5. The highest BCUT2D eigenvalue weighted by molar-refractivity contribution is 8.00. The standard InChI is InChI=1S/C21H18N4O3S2/c1-25(18(26)12-30-21-16-8-10-29-20(16)23-13-24-21)17-7-3-2-6-15(17)19(27)22-11-14-5-4-9-28-14/h2-10,13H,11-12H2,1H3,(H,22,27). The van der Waals surface area contributed by atoms with Gasteiger partial charge in [0.05, 0.1) is 29.8 Å². The molecule has 0 fully saturated rings. The molecule has 0 unspecified atom stereocenters. The molecule has 0 spiro atoms. The predicted molar refractivity (Wildman–Crippen MR) is 118 cm³/mol. The number of aromatic nitrogens is 2. The first-order valence-corrected chi connectivity index (χ1v) is 11.0. The second kappa shape index (κ2) is 9.10. The van der Waals surface area contributed by atoms with Crippen molar-refractivity contribution in [2.45, 2.75) is 11.6 Å². The van der Waals surface area contributed by atoms with Crippen molar-refractivity contribution in [3.63, 3.8) is 0 Å². The maximum atomic E-state index is 12.8. The Morgan fingerprint density at radius 2 is 2.03 bits per heavy atom. The topological polar surface area (TPSA) is 88.3 Å². The van der Waals surface area contributed by atoms with Gasteiger partial charge in [-0.2, -0.15) is 0 Å². The zero-order valence-corrected chi connectivity index (χ0v) is 17.7. The fourth-order valence-electron chi connectivity index (χ4n) is 2.88. The Kier molecular flexibility index (Phi) is 6.10. The second-order valence-electron chi connectivity index (χ2n) is 6.34. The summed E-state index contributed by atoms with van der Waals surface area (Å²) in [5.74, 6) is 0.450. The Hall–Kier alpha value is -3.17. The molecule has 1 N–H and O–H groups in total. The molecule has 0 atom stereocenters. The van der Waals surface area contributed by atoms with Crippen molar-refractivity contribution in [1.29, 1.82) is 0 Å². The van der Waals surface area contributed by atoms with Gasteiger partial charge in [-0.1, -0.05) is 23.9 Å². The highest BCUT2D eigenvalue weighted by Gasteiger charge is 2.19. The zero-order valence-electron chi connectivity index (χ0n) is 16.1. The summed E-state index contributed by atoms with van der Waals surface area (Å²) >= 11 is 2.90. The molecule has 0 saturated heterocycles. The Morgan fingerprint density at radius 3 is 2.87 bits per heavy atom. The van der Waals surface area contributed by atoms with Gasteiger partial charge < -0.3 is 14.6 Å². The molecule has 0 aliphatic heterocycles. The largest absolute Gasteiger partial charge is 0.467 e. The van der Waals surface area contributed by atoms with Crippen LogP contribution >= 0.6 is 23.1 Å². The molecule has 0 aliphatic rings. The number of carbonyl (C=O) groups is 2. The van der Waals surface area contributed by atoms with Gasteiger partial charge in [0.25, 0.3) is 5.91 Å². The molecule has 0 bridgehead atoms. The first kappa shape index (κ1) is 20.1. The summed E-state index contributed by atoms with van der Waals surface area (Å²) in [5, 5.41) is 6.49. The highest BCUT2D eigenvalue weighted by Crippen LogP contribution is 2.28. The summed E-state index contributed by atoms with van der Waals surface area (Å²) in [5.41, 5.74) is 0.968. The molecule has 2 amide bonds. The number of rotatable bonds is 7. The lowest BCUT2D eigenvalue weighted by molar-refractivity contribution is -0.115. The second-order valence-corrected chi connectivity index (χ2v) is 8.20. The van der Waals surface area contributed by atoms with E-state index in [2.05, 4.69) is 15.3 Å². The van der Waals surface area contributed by atoms with Crippen LogP contribution in [0.2, 0.25) is 0 Å². The van der Waals surface area contributed by atoms with Gasteiger partial charge in [-0.25, -0.2) is 9.97 Å². The number of thiophene rings is 1. The molecule has 3 heterocycles. The Bertz CT molecular complexity index is 1170. The third-order valence-electron chi connectivity index (χ3n) is 4.44. The summed E-state index contributed by atoms with van der Waals surface area (Å²) in [4.78, 5) is 36.4. The lowest BCUT2D eigenvalue weighted by Gasteiger charge is -2.20. The number of amides is 2. The predicted octanol–water partition coefficient (Wildman–Crippen LogP) is 3.97. The molecule has 152 valence electrons. The number of furan rings is 1. The molecule has 3 aromatic heterocycles. The number of thioether (sulfide) groups is 1. The Labute approximate surface area is 181 Å². The van der Waals surface area contributed by atoms with Gasteiger partial charge in [0.1, 0.15) is 21.9 Å². The molecular weight excluding hydrogens is 420 g/mol. The van der Waals surface area contributed by atoms with E-state index in [1.165, 1.54) is 34.3 Å². The van der Waals surface area contributed by atoms with Crippen molar-refractivity contribution in [2.75, 3.05) is 17.7 Å². The molecule has 4 aromatic rings. The van der Waals surface area contributed by atoms with Gasteiger partial charge in [0.2, 0.25) is 5.91 Å². The van der Waals surface area contributed by atoms with E-state index in [0.29, 0.717) is 17.0 Å². The fourth-order valence-corrected chi connectivity index (χ4v) is 4.57. The highest BCUT2D eigenvalue weighted by atomic mass is 32.2. The van der Waals surface area contributed by atoms with Crippen LogP contribution in [0.1, 0.15) is 16.1 Å². The molecule has 0 saturated carbocycles. The number of nitrogens with one attached hydrogen (secondary N) is 1. The average molecular weight is 439 g/mol. The van der Waals surface area contributed by atoms with Gasteiger partial charge in [-0.05, 0) is 35.7 Å². The van der Waals surface area contributed by atoms with Gasteiger partial charge in [0, 0.05) is 12.4 Å². The molecule has 30 heavy (non-hydrogen) atoms. The summed E-state index contributed by atoms with van der Waals surface area (Å²) in [7, 11) is 1.67. The van der Waals surface area contributed by atoms with Crippen LogP contribution in [0.15, 0.2) is 69.9 Å². The normalized spacial score (nSPS) is 10.8. The van der Waals surface area contributed by atoms with Gasteiger partial charge in [0.15, 0.2) is 0 Å². The number of nitrogens with zero attached hydrogens (tertiary/aromatic N) is 3. The first-order valence-electron chi connectivity index (χ1n) is 9.10. The summed E-state index contributed by atoms with van der Waals surface area (Å²) < 4.78 is 5.24. The van der Waals surface area contributed by atoms with Gasteiger partial charge in [-0.3, -0.25) is 9.59 Å². The number of para-hydroxylation sites is 1. The minimum Gasteiger partial charge on any atom is -0.467 e. The van der Waals surface area contributed by atoms with E-state index >= 15 is 0 Å². The smallest absolute Gasteiger partial charge is 0.253 e. The van der Waals surface area contributed by atoms with Crippen LogP contribution in [0, 0.1) is 0 Å². The maximum absolute atomic E-state index is 12.8. The van der Waals surface area contributed by atoms with E-state index in [1.54, 1.807) is 49.7 Å². The van der Waals surface area contributed by atoms with Gasteiger partial charge >= 0.3 is 0 Å². The Balaban J connectivity index is 1.44. The SMILES string of the molecule is CN(C(=O)CSc1ncnc2sccc12)c1ccccc1C(=O)NCc1ccco1. The molecular formula is C21H18N4O3S2. The van der Waals surface area contributed by atoms with Crippen LogP contribution in [-0.2, 0) is 11.3 Å². The van der Waals surface area contributed by atoms with Crippen molar-refractivity contribution in [3.05, 3.63) is 71.8 Å². The monoisotopic (exact) mass is 438 g/mol. The molecule has 1 aromatic carbocycles. The minimum absolute atomic E-state index is 0.131. The lowest BCUT2D eigenvalue weighted by atomic mass is 10.1. The summed E-state index contributed by atoms with van der Waals surface area (Å²) in [6.45, 7) is 0.276. The Morgan fingerprint density at radius 1 is 1.17 bits per heavy atom. The quantitative estimate of drug-likeness (QED) is 0.347. The van der Waals surface area contributed by atoms with Crippen molar-refractivity contribution >= 4 is 50.8 Å². The van der Waals surface area contributed by atoms with Crippen LogP contribution in [-0.4, -0.2) is 34.6 Å². The third-order valence-corrected chi connectivity index (χ3v) is 6.26. The number of benzene rings is 1. The van der Waals surface area contributed by atoms with Crippen LogP contribution < -0.4 is 10.2 Å². The molecule has 0 aliphatic carbocycles. The van der Waals surface area contributed by atoms with Gasteiger partial charge in [-0.15, -0.1) is 11.3 Å². The zero-order chi connectivity index (χ0) is 20.9. The van der Waals surface area contributed by atoms with E-state index in [0.717, 1.165) is 15.2 Å². The van der Waals surface area contributed by atoms with Crippen molar-refractivity contribution in [1.82, 2.24) is 15.3 Å².